The lowest BCUT2D eigenvalue weighted by Crippen LogP contribution is -2.30. The number of pyridine rings is 1. The van der Waals surface area contributed by atoms with Crippen molar-refractivity contribution in [3.8, 4) is 0 Å². The highest BCUT2D eigenvalue weighted by molar-refractivity contribution is 8.00. The summed E-state index contributed by atoms with van der Waals surface area (Å²) in [4.78, 5) is 30.1. The van der Waals surface area contributed by atoms with Crippen LogP contribution in [0.25, 0.3) is 0 Å². The van der Waals surface area contributed by atoms with Gasteiger partial charge in [-0.15, -0.1) is 11.3 Å². The molecule has 0 spiro atoms. The second kappa shape index (κ2) is 10.2. The van der Waals surface area contributed by atoms with E-state index < -0.39 is 5.97 Å². The monoisotopic (exact) mass is 426 g/mol. The van der Waals surface area contributed by atoms with E-state index in [9.17, 15) is 9.59 Å². The zero-order valence-corrected chi connectivity index (χ0v) is 17.9. The summed E-state index contributed by atoms with van der Waals surface area (Å²) in [6, 6.07) is 15.3. The zero-order chi connectivity index (χ0) is 20.6. The van der Waals surface area contributed by atoms with Crippen LogP contribution < -0.4 is 5.32 Å². The van der Waals surface area contributed by atoms with Crippen LogP contribution >= 0.6 is 23.1 Å². The van der Waals surface area contributed by atoms with E-state index >= 15 is 0 Å². The van der Waals surface area contributed by atoms with Crippen molar-refractivity contribution >= 4 is 35.0 Å². The molecule has 1 unspecified atom stereocenters. The van der Waals surface area contributed by atoms with E-state index in [1.54, 1.807) is 36.6 Å². The largest absolute Gasteiger partial charge is 0.462 e. The van der Waals surface area contributed by atoms with E-state index in [1.165, 1.54) is 17.3 Å². The molecule has 1 N–H and O–H groups in total. The smallest absolute Gasteiger partial charge is 0.340 e. The van der Waals surface area contributed by atoms with Crippen LogP contribution in [-0.2, 0) is 9.53 Å². The molecule has 3 aromatic rings. The van der Waals surface area contributed by atoms with Gasteiger partial charge in [0, 0.05) is 11.1 Å². The number of thiophene rings is 1. The lowest BCUT2D eigenvalue weighted by molar-refractivity contribution is -0.119. The number of hydrogen-bond donors (Lipinski definition) is 1. The molecule has 1 atom stereocenters. The number of hydrogen-bond acceptors (Lipinski definition) is 6. The fraction of sp³-hybridized carbons (Fsp3) is 0.227. The van der Waals surface area contributed by atoms with E-state index in [0.29, 0.717) is 10.6 Å². The number of nitrogens with one attached hydrogen (secondary N) is 1. The first-order chi connectivity index (χ1) is 14.1. The predicted octanol–water partition coefficient (Wildman–Crippen LogP) is 4.63. The Bertz CT molecular complexity index is 956. The number of rotatable bonds is 8. The summed E-state index contributed by atoms with van der Waals surface area (Å²) >= 11 is 2.83. The normalized spacial score (nSPS) is 11.7. The molecule has 1 amide bonds. The van der Waals surface area contributed by atoms with Gasteiger partial charge in [-0.05, 0) is 43.0 Å². The molecule has 0 aliphatic rings. The number of thioether (sulfide) groups is 1. The summed E-state index contributed by atoms with van der Waals surface area (Å²) in [5.41, 5.74) is 2.57. The Labute approximate surface area is 178 Å². The number of aromatic nitrogens is 1. The van der Waals surface area contributed by atoms with Gasteiger partial charge < -0.3 is 10.1 Å². The third kappa shape index (κ3) is 5.68. The first kappa shape index (κ1) is 21.1. The minimum absolute atomic E-state index is 0.130. The van der Waals surface area contributed by atoms with Crippen molar-refractivity contribution in [3.63, 3.8) is 0 Å². The molecule has 3 rings (SSSR count). The van der Waals surface area contributed by atoms with Crippen LogP contribution in [0, 0.1) is 6.92 Å². The Morgan fingerprint density at radius 3 is 2.66 bits per heavy atom. The predicted molar refractivity (Wildman–Crippen MR) is 116 cm³/mol. The number of esters is 1. The van der Waals surface area contributed by atoms with Gasteiger partial charge in [0.1, 0.15) is 5.03 Å². The van der Waals surface area contributed by atoms with Crippen LogP contribution in [0.4, 0.5) is 0 Å². The SMILES string of the molecule is CCOC(=O)c1cccnc1SCC(=O)NC(c1ccc(C)cc1)c1cccs1. The average molecular weight is 427 g/mol. The minimum Gasteiger partial charge on any atom is -0.462 e. The third-order valence-electron chi connectivity index (χ3n) is 4.15. The molecule has 0 bridgehead atoms. The lowest BCUT2D eigenvalue weighted by atomic mass is 10.0. The summed E-state index contributed by atoms with van der Waals surface area (Å²) < 4.78 is 5.06. The summed E-state index contributed by atoms with van der Waals surface area (Å²) in [6.07, 6.45) is 1.60. The Morgan fingerprint density at radius 1 is 1.17 bits per heavy atom. The molecule has 0 saturated carbocycles. The number of ether oxygens (including phenoxy) is 1. The van der Waals surface area contributed by atoms with Crippen LogP contribution in [-0.4, -0.2) is 29.2 Å². The van der Waals surface area contributed by atoms with Crippen LogP contribution in [0.1, 0.15) is 39.3 Å². The van der Waals surface area contributed by atoms with E-state index in [2.05, 4.69) is 10.3 Å². The van der Waals surface area contributed by atoms with Crippen molar-refractivity contribution in [2.45, 2.75) is 24.9 Å². The first-order valence-electron chi connectivity index (χ1n) is 9.22. The van der Waals surface area contributed by atoms with Crippen LogP contribution in [0.5, 0.6) is 0 Å². The molecule has 1 aromatic carbocycles. The molecule has 0 aliphatic carbocycles. The maximum absolute atomic E-state index is 12.7. The van der Waals surface area contributed by atoms with Crippen LogP contribution in [0.2, 0.25) is 0 Å². The number of benzene rings is 1. The Balaban J connectivity index is 1.70. The highest BCUT2D eigenvalue weighted by Gasteiger charge is 2.19. The lowest BCUT2D eigenvalue weighted by Gasteiger charge is -2.18. The van der Waals surface area contributed by atoms with Crippen LogP contribution in [0.15, 0.2) is 65.1 Å². The Kier molecular flexibility index (Phi) is 7.43. The van der Waals surface area contributed by atoms with Gasteiger partial charge in [-0.2, -0.15) is 0 Å². The van der Waals surface area contributed by atoms with Crippen molar-refractivity contribution in [2.75, 3.05) is 12.4 Å². The summed E-state index contributed by atoms with van der Waals surface area (Å²) in [5.74, 6) is -0.411. The second-order valence-corrected chi connectivity index (χ2v) is 8.24. The molecule has 0 fully saturated rings. The fourth-order valence-electron chi connectivity index (χ4n) is 2.74. The Hall–Kier alpha value is -2.64. The molecule has 2 heterocycles. The summed E-state index contributed by atoms with van der Waals surface area (Å²) in [5, 5.41) is 5.59. The van der Waals surface area contributed by atoms with E-state index in [1.807, 2.05) is 48.7 Å². The van der Waals surface area contributed by atoms with Gasteiger partial charge in [0.2, 0.25) is 5.91 Å². The molecule has 2 aromatic heterocycles. The molecule has 29 heavy (non-hydrogen) atoms. The molecule has 7 heteroatoms. The van der Waals surface area contributed by atoms with E-state index in [0.717, 1.165) is 10.4 Å². The molecule has 5 nitrogen and oxygen atoms in total. The first-order valence-corrected chi connectivity index (χ1v) is 11.1. The quantitative estimate of drug-likeness (QED) is 0.420. The summed E-state index contributed by atoms with van der Waals surface area (Å²) in [6.45, 7) is 4.08. The number of carbonyl (C=O) groups excluding carboxylic acids is 2. The number of nitrogens with zero attached hydrogens (tertiary/aromatic N) is 1. The zero-order valence-electron chi connectivity index (χ0n) is 16.3. The van der Waals surface area contributed by atoms with Crippen molar-refractivity contribution < 1.29 is 14.3 Å². The van der Waals surface area contributed by atoms with Gasteiger partial charge in [0.05, 0.1) is 24.0 Å². The number of aryl methyl sites for hydroxylation is 1. The van der Waals surface area contributed by atoms with E-state index in [-0.39, 0.29) is 24.3 Å². The van der Waals surface area contributed by atoms with Crippen molar-refractivity contribution in [3.05, 3.63) is 81.7 Å². The average Bonchev–Trinajstić information content (AvgIpc) is 3.26. The van der Waals surface area contributed by atoms with Crippen molar-refractivity contribution in [1.82, 2.24) is 10.3 Å². The van der Waals surface area contributed by atoms with Gasteiger partial charge in [0.15, 0.2) is 0 Å². The number of amides is 1. The van der Waals surface area contributed by atoms with E-state index in [4.69, 9.17) is 4.74 Å². The van der Waals surface area contributed by atoms with Gasteiger partial charge in [-0.3, -0.25) is 4.79 Å². The van der Waals surface area contributed by atoms with Gasteiger partial charge >= 0.3 is 5.97 Å². The minimum atomic E-state index is -0.431. The molecule has 0 radical (unpaired) electrons. The maximum atomic E-state index is 12.7. The number of carbonyl (C=O) groups is 2. The van der Waals surface area contributed by atoms with Gasteiger partial charge in [0.25, 0.3) is 0 Å². The highest BCUT2D eigenvalue weighted by Crippen LogP contribution is 2.27. The summed E-state index contributed by atoms with van der Waals surface area (Å²) in [7, 11) is 0. The maximum Gasteiger partial charge on any atom is 0.340 e. The second-order valence-electron chi connectivity index (χ2n) is 6.29. The van der Waals surface area contributed by atoms with Crippen LogP contribution in [0.3, 0.4) is 0 Å². The molecule has 150 valence electrons. The van der Waals surface area contributed by atoms with Gasteiger partial charge in [-0.1, -0.05) is 47.7 Å². The third-order valence-corrected chi connectivity index (χ3v) is 6.09. The Morgan fingerprint density at radius 2 is 1.97 bits per heavy atom. The topological polar surface area (TPSA) is 68.3 Å². The standard InChI is InChI=1S/C22H22N2O3S2/c1-3-27-22(26)17-6-4-12-23-21(17)29-14-19(25)24-20(18-7-5-13-28-18)16-10-8-15(2)9-11-16/h4-13,20H,3,14H2,1-2H3,(H,24,25). The molecular weight excluding hydrogens is 404 g/mol. The van der Waals surface area contributed by atoms with Crippen molar-refractivity contribution in [2.24, 2.45) is 0 Å². The molecular formula is C22H22N2O3S2. The fourth-order valence-corrected chi connectivity index (χ4v) is 4.34. The molecule has 0 aliphatic heterocycles. The van der Waals surface area contributed by atoms with Gasteiger partial charge in [-0.25, -0.2) is 9.78 Å². The highest BCUT2D eigenvalue weighted by atomic mass is 32.2. The molecule has 0 saturated heterocycles. The van der Waals surface area contributed by atoms with Crippen molar-refractivity contribution in [1.29, 1.82) is 0 Å².